The number of hydrogen-bond acceptors (Lipinski definition) is 9. The summed E-state index contributed by atoms with van der Waals surface area (Å²) in [5.74, 6) is 2.28. The van der Waals surface area contributed by atoms with Crippen molar-refractivity contribution in [3.05, 3.63) is 53.1 Å². The number of para-hydroxylation sites is 1. The van der Waals surface area contributed by atoms with Gasteiger partial charge in [0.1, 0.15) is 28.3 Å². The van der Waals surface area contributed by atoms with Crippen LogP contribution in [0.15, 0.2) is 58.0 Å². The van der Waals surface area contributed by atoms with E-state index in [4.69, 9.17) is 9.47 Å². The summed E-state index contributed by atoms with van der Waals surface area (Å²) in [5.41, 5.74) is 1.08. The second-order valence-electron chi connectivity index (χ2n) is 10.1. The third kappa shape index (κ3) is 8.06. The van der Waals surface area contributed by atoms with E-state index in [9.17, 15) is 8.42 Å². The Kier molecular flexibility index (Phi) is 10.2. The van der Waals surface area contributed by atoms with E-state index in [0.717, 1.165) is 31.7 Å². The number of aromatic nitrogens is 2. The lowest BCUT2D eigenvalue weighted by molar-refractivity contribution is 0.114. The maximum atomic E-state index is 13.0. The Hall–Kier alpha value is -2.93. The van der Waals surface area contributed by atoms with E-state index in [-0.39, 0.29) is 16.9 Å². The summed E-state index contributed by atoms with van der Waals surface area (Å²) in [6.07, 6.45) is 3.76. The predicted octanol–water partition coefficient (Wildman–Crippen LogP) is 5.53. The van der Waals surface area contributed by atoms with Gasteiger partial charge in [0.05, 0.1) is 22.5 Å². The van der Waals surface area contributed by atoms with Crippen molar-refractivity contribution in [3.63, 3.8) is 0 Å². The van der Waals surface area contributed by atoms with Crippen LogP contribution in [0, 0.1) is 5.92 Å². The molecule has 0 amide bonds. The molecule has 1 saturated heterocycles. The first-order valence-corrected chi connectivity index (χ1v) is 15.7. The van der Waals surface area contributed by atoms with Crippen LogP contribution in [-0.2, 0) is 10.0 Å². The monoisotopic (exact) mass is 632 g/mol. The molecule has 3 aromatic rings. The van der Waals surface area contributed by atoms with E-state index in [1.807, 2.05) is 39.0 Å². The number of nitrogens with one attached hydrogen (secondary N) is 3. The highest BCUT2D eigenvalue weighted by molar-refractivity contribution is 9.10. The van der Waals surface area contributed by atoms with Gasteiger partial charge < -0.3 is 25.0 Å². The van der Waals surface area contributed by atoms with Crippen molar-refractivity contribution in [3.8, 4) is 11.5 Å². The van der Waals surface area contributed by atoms with Crippen LogP contribution >= 0.6 is 15.9 Å². The summed E-state index contributed by atoms with van der Waals surface area (Å²) in [7, 11) is -1.60. The Morgan fingerprint density at radius 1 is 1.10 bits per heavy atom. The van der Waals surface area contributed by atoms with Crippen LogP contribution in [0.5, 0.6) is 11.5 Å². The van der Waals surface area contributed by atoms with Crippen LogP contribution in [0.2, 0.25) is 0 Å². The van der Waals surface area contributed by atoms with Crippen LogP contribution in [0.25, 0.3) is 0 Å². The molecule has 0 bridgehead atoms. The Labute approximate surface area is 245 Å². The van der Waals surface area contributed by atoms with Gasteiger partial charge in [-0.2, -0.15) is 4.98 Å². The van der Waals surface area contributed by atoms with Gasteiger partial charge in [-0.05, 0) is 72.9 Å². The van der Waals surface area contributed by atoms with Crippen molar-refractivity contribution < 1.29 is 17.9 Å². The van der Waals surface area contributed by atoms with Gasteiger partial charge in [0.15, 0.2) is 0 Å². The Bertz CT molecular complexity index is 1400. The highest BCUT2D eigenvalue weighted by atomic mass is 79.9. The standard InChI is InChI=1S/C28H37BrN6O4S/c1-5-38-25-16-21(39-20-12-14-35(4)15-13-20)10-11-23(25)33-28-30-18-22(29)27(34-28)32-24-8-6-7-9-26(24)40(36,37)31-17-19(2)3/h6-11,16,18-20,31H,5,12-15,17H2,1-4H3,(H2,30,32,33,34). The lowest BCUT2D eigenvalue weighted by Gasteiger charge is -2.29. The van der Waals surface area contributed by atoms with Gasteiger partial charge in [0, 0.05) is 31.9 Å². The average molecular weight is 634 g/mol. The molecule has 1 aromatic heterocycles. The maximum absolute atomic E-state index is 13.0. The summed E-state index contributed by atoms with van der Waals surface area (Å²) in [4.78, 5) is 11.4. The van der Waals surface area contributed by atoms with Crippen LogP contribution in [0.4, 0.5) is 23.1 Å². The van der Waals surface area contributed by atoms with Gasteiger partial charge in [-0.1, -0.05) is 26.0 Å². The lowest BCUT2D eigenvalue weighted by atomic mass is 10.1. The van der Waals surface area contributed by atoms with Gasteiger partial charge in [-0.3, -0.25) is 0 Å². The van der Waals surface area contributed by atoms with Crippen LogP contribution in [0.3, 0.4) is 0 Å². The molecule has 40 heavy (non-hydrogen) atoms. The molecule has 3 N–H and O–H groups in total. The molecule has 2 heterocycles. The van der Waals surface area contributed by atoms with Crippen molar-refractivity contribution in [2.24, 2.45) is 5.92 Å². The van der Waals surface area contributed by atoms with Crippen molar-refractivity contribution in [1.82, 2.24) is 19.6 Å². The van der Waals surface area contributed by atoms with Crippen LogP contribution in [0.1, 0.15) is 33.6 Å². The molecule has 12 heteroatoms. The molecule has 2 aromatic carbocycles. The predicted molar refractivity (Wildman–Crippen MR) is 162 cm³/mol. The maximum Gasteiger partial charge on any atom is 0.242 e. The zero-order valence-corrected chi connectivity index (χ0v) is 25.7. The summed E-state index contributed by atoms with van der Waals surface area (Å²) in [5, 5.41) is 6.37. The lowest BCUT2D eigenvalue weighted by Crippen LogP contribution is -2.35. The summed E-state index contributed by atoms with van der Waals surface area (Å²) in [6.45, 7) is 8.69. The SMILES string of the molecule is CCOc1cc(OC2CCN(C)CC2)ccc1Nc1ncc(Br)c(Nc2ccccc2S(=O)(=O)NCC(C)C)n1. The van der Waals surface area contributed by atoms with E-state index >= 15 is 0 Å². The molecule has 1 fully saturated rings. The summed E-state index contributed by atoms with van der Waals surface area (Å²) < 4.78 is 41.3. The van der Waals surface area contributed by atoms with E-state index < -0.39 is 10.0 Å². The van der Waals surface area contributed by atoms with Gasteiger partial charge in [0.25, 0.3) is 0 Å². The fraction of sp³-hybridized carbons (Fsp3) is 0.429. The largest absolute Gasteiger partial charge is 0.492 e. The quantitative estimate of drug-likeness (QED) is 0.237. The molecule has 0 unspecified atom stereocenters. The van der Waals surface area contributed by atoms with E-state index in [0.29, 0.717) is 46.5 Å². The number of rotatable bonds is 12. The van der Waals surface area contributed by atoms with E-state index in [1.165, 1.54) is 0 Å². The average Bonchev–Trinajstić information content (AvgIpc) is 2.92. The second kappa shape index (κ2) is 13.6. The number of likely N-dealkylation sites (tertiary alicyclic amines) is 1. The summed E-state index contributed by atoms with van der Waals surface area (Å²) >= 11 is 3.47. The molecular weight excluding hydrogens is 596 g/mol. The zero-order chi connectivity index (χ0) is 28.7. The highest BCUT2D eigenvalue weighted by Gasteiger charge is 2.21. The first-order valence-electron chi connectivity index (χ1n) is 13.4. The zero-order valence-electron chi connectivity index (χ0n) is 23.3. The minimum atomic E-state index is -3.72. The van der Waals surface area contributed by atoms with Gasteiger partial charge in [-0.25, -0.2) is 18.1 Å². The fourth-order valence-electron chi connectivity index (χ4n) is 4.17. The van der Waals surface area contributed by atoms with Gasteiger partial charge in [-0.15, -0.1) is 0 Å². The number of ether oxygens (including phenoxy) is 2. The first kappa shape index (κ1) is 30.0. The fourth-order valence-corrected chi connectivity index (χ4v) is 5.84. The topological polar surface area (TPSA) is 118 Å². The Morgan fingerprint density at radius 3 is 2.58 bits per heavy atom. The Morgan fingerprint density at radius 2 is 1.85 bits per heavy atom. The number of anilines is 4. The molecule has 0 radical (unpaired) electrons. The third-order valence-corrected chi connectivity index (χ3v) is 8.39. The number of nitrogens with zero attached hydrogens (tertiary/aromatic N) is 3. The minimum absolute atomic E-state index is 0.134. The van der Waals surface area contributed by atoms with Crippen LogP contribution < -0.4 is 24.8 Å². The highest BCUT2D eigenvalue weighted by Crippen LogP contribution is 2.34. The van der Waals surface area contributed by atoms with E-state index in [2.05, 4.69) is 53.2 Å². The summed E-state index contributed by atoms with van der Waals surface area (Å²) in [6, 6.07) is 12.4. The normalized spacial score (nSPS) is 14.8. The van der Waals surface area contributed by atoms with Crippen molar-refractivity contribution in [2.75, 3.05) is 43.9 Å². The molecule has 4 rings (SSSR count). The number of halogens is 1. The van der Waals surface area contributed by atoms with Crippen molar-refractivity contribution in [2.45, 2.75) is 44.6 Å². The third-order valence-electron chi connectivity index (χ3n) is 6.32. The number of piperidine rings is 1. The molecular formula is C28H37BrN6O4S. The Balaban J connectivity index is 1.53. The minimum Gasteiger partial charge on any atom is -0.492 e. The molecule has 216 valence electrons. The van der Waals surface area contributed by atoms with E-state index in [1.54, 1.807) is 30.5 Å². The van der Waals surface area contributed by atoms with Crippen LogP contribution in [-0.4, -0.2) is 62.7 Å². The molecule has 0 saturated carbocycles. The second-order valence-corrected chi connectivity index (χ2v) is 12.7. The van der Waals surface area contributed by atoms with Crippen molar-refractivity contribution in [1.29, 1.82) is 0 Å². The molecule has 10 nitrogen and oxygen atoms in total. The molecule has 0 aliphatic carbocycles. The number of hydrogen-bond donors (Lipinski definition) is 3. The number of sulfonamides is 1. The van der Waals surface area contributed by atoms with Gasteiger partial charge >= 0.3 is 0 Å². The molecule has 0 atom stereocenters. The van der Waals surface area contributed by atoms with Gasteiger partial charge in [0.2, 0.25) is 16.0 Å². The first-order chi connectivity index (χ1) is 19.1. The molecule has 1 aliphatic heterocycles. The van der Waals surface area contributed by atoms with Crippen molar-refractivity contribution >= 4 is 49.1 Å². The molecule has 0 spiro atoms. The molecule has 1 aliphatic rings. The number of benzene rings is 2. The smallest absolute Gasteiger partial charge is 0.242 e.